The third kappa shape index (κ3) is 7.21. The van der Waals surface area contributed by atoms with Gasteiger partial charge in [-0.25, -0.2) is 0 Å². The van der Waals surface area contributed by atoms with E-state index in [-0.39, 0.29) is 18.4 Å². The summed E-state index contributed by atoms with van der Waals surface area (Å²) in [4.78, 5) is 27.6. The molecule has 1 atom stereocenters. The molecule has 0 heterocycles. The Morgan fingerprint density at radius 3 is 2.23 bits per heavy atom. The van der Waals surface area contributed by atoms with Crippen LogP contribution in [0.1, 0.15) is 43.9 Å². The fraction of sp³-hybridized carbons (Fsp3) is 0.440. The van der Waals surface area contributed by atoms with E-state index in [2.05, 4.69) is 11.4 Å². The highest BCUT2D eigenvalue weighted by Crippen LogP contribution is 2.17. The van der Waals surface area contributed by atoms with Gasteiger partial charge in [0, 0.05) is 13.1 Å². The summed E-state index contributed by atoms with van der Waals surface area (Å²) in [5.74, 6) is 0.682. The molecule has 1 N–H and O–H groups in total. The van der Waals surface area contributed by atoms with Crippen LogP contribution in [0.15, 0.2) is 48.5 Å². The topological polar surface area (TPSA) is 58.6 Å². The van der Waals surface area contributed by atoms with E-state index in [1.807, 2.05) is 77.1 Å². The Morgan fingerprint density at radius 2 is 1.67 bits per heavy atom. The fourth-order valence-electron chi connectivity index (χ4n) is 3.37. The average Bonchev–Trinajstić information content (AvgIpc) is 2.70. The highest BCUT2D eigenvalue weighted by molar-refractivity contribution is 5.88. The van der Waals surface area contributed by atoms with E-state index < -0.39 is 6.04 Å². The van der Waals surface area contributed by atoms with Crippen molar-refractivity contribution in [2.24, 2.45) is 5.92 Å². The quantitative estimate of drug-likeness (QED) is 0.637. The SMILES string of the molecule is CC[C@H](C(=O)NCC(C)C)N(Cc1ccccc1)C(=O)COc1cc(C)cc(C)c1. The van der Waals surface area contributed by atoms with Gasteiger partial charge in [0.2, 0.25) is 5.91 Å². The van der Waals surface area contributed by atoms with Crippen LogP contribution in [0.5, 0.6) is 5.75 Å². The number of nitrogens with one attached hydrogen (secondary N) is 1. The molecular formula is C25H34N2O3. The summed E-state index contributed by atoms with van der Waals surface area (Å²) in [6.45, 7) is 10.9. The molecule has 0 aliphatic carbocycles. The highest BCUT2D eigenvalue weighted by atomic mass is 16.5. The predicted molar refractivity (Wildman–Crippen MR) is 120 cm³/mol. The first-order chi connectivity index (χ1) is 14.3. The number of carbonyl (C=O) groups is 2. The zero-order chi connectivity index (χ0) is 22.1. The first-order valence-corrected chi connectivity index (χ1v) is 10.6. The number of nitrogens with zero attached hydrogens (tertiary/aromatic N) is 1. The van der Waals surface area contributed by atoms with Gasteiger partial charge in [-0.3, -0.25) is 9.59 Å². The van der Waals surface area contributed by atoms with E-state index in [4.69, 9.17) is 4.74 Å². The molecule has 0 saturated carbocycles. The lowest BCUT2D eigenvalue weighted by Gasteiger charge is -2.30. The summed E-state index contributed by atoms with van der Waals surface area (Å²) in [6.07, 6.45) is 0.534. The van der Waals surface area contributed by atoms with Crippen LogP contribution in [0, 0.1) is 19.8 Å². The lowest BCUT2D eigenvalue weighted by atomic mass is 10.1. The van der Waals surface area contributed by atoms with Crippen LogP contribution >= 0.6 is 0 Å². The monoisotopic (exact) mass is 410 g/mol. The molecule has 0 aliphatic rings. The number of hydrogen-bond acceptors (Lipinski definition) is 3. The molecule has 5 nitrogen and oxygen atoms in total. The Morgan fingerprint density at radius 1 is 1.03 bits per heavy atom. The molecule has 0 saturated heterocycles. The van der Waals surface area contributed by atoms with Gasteiger partial charge >= 0.3 is 0 Å². The molecule has 2 aromatic rings. The Hall–Kier alpha value is -2.82. The minimum atomic E-state index is -0.542. The Labute approximate surface area is 180 Å². The predicted octanol–water partition coefficient (Wildman–Crippen LogP) is 4.26. The number of hydrogen-bond donors (Lipinski definition) is 1. The molecule has 0 unspecified atom stereocenters. The molecule has 0 aromatic heterocycles. The summed E-state index contributed by atoms with van der Waals surface area (Å²) in [5, 5.41) is 2.97. The molecule has 30 heavy (non-hydrogen) atoms. The number of benzene rings is 2. The van der Waals surface area contributed by atoms with Gasteiger partial charge < -0.3 is 15.0 Å². The summed E-state index contributed by atoms with van der Waals surface area (Å²) in [5.41, 5.74) is 3.14. The van der Waals surface area contributed by atoms with Crippen molar-refractivity contribution < 1.29 is 14.3 Å². The summed E-state index contributed by atoms with van der Waals surface area (Å²) in [6, 6.07) is 15.1. The van der Waals surface area contributed by atoms with Crippen molar-refractivity contribution in [1.29, 1.82) is 0 Å². The van der Waals surface area contributed by atoms with Crippen molar-refractivity contribution >= 4 is 11.8 Å². The minimum absolute atomic E-state index is 0.107. The average molecular weight is 411 g/mol. The summed E-state index contributed by atoms with van der Waals surface area (Å²) >= 11 is 0. The van der Waals surface area contributed by atoms with E-state index in [0.29, 0.717) is 31.2 Å². The van der Waals surface area contributed by atoms with E-state index >= 15 is 0 Å². The first kappa shape index (κ1) is 23.5. The van der Waals surface area contributed by atoms with Crippen molar-refractivity contribution in [3.8, 4) is 5.75 Å². The van der Waals surface area contributed by atoms with Gasteiger partial charge in [0.25, 0.3) is 5.91 Å². The lowest BCUT2D eigenvalue weighted by Crippen LogP contribution is -2.50. The second kappa shape index (κ2) is 11.4. The van der Waals surface area contributed by atoms with E-state index in [1.165, 1.54) is 0 Å². The fourth-order valence-corrected chi connectivity index (χ4v) is 3.37. The summed E-state index contributed by atoms with van der Waals surface area (Å²) < 4.78 is 5.80. The third-order valence-electron chi connectivity index (χ3n) is 4.82. The molecule has 0 aliphatic heterocycles. The lowest BCUT2D eigenvalue weighted by molar-refractivity contribution is -0.143. The molecule has 0 fully saturated rings. The Kier molecular flexibility index (Phi) is 8.90. The number of carbonyl (C=O) groups excluding carboxylic acids is 2. The molecule has 162 valence electrons. The van der Waals surface area contributed by atoms with Gasteiger partial charge in [-0.05, 0) is 55.0 Å². The van der Waals surface area contributed by atoms with E-state index in [0.717, 1.165) is 16.7 Å². The van der Waals surface area contributed by atoms with E-state index in [1.54, 1.807) is 4.90 Å². The standard InChI is InChI=1S/C25H34N2O3/c1-6-23(25(29)26-15-18(2)3)27(16-21-10-8-7-9-11-21)24(28)17-30-22-13-19(4)12-20(5)14-22/h7-14,18,23H,6,15-17H2,1-5H3,(H,26,29)/t23-/m1/s1. The van der Waals surface area contributed by atoms with Gasteiger partial charge in [0.05, 0.1) is 0 Å². The molecule has 2 rings (SSSR count). The maximum Gasteiger partial charge on any atom is 0.261 e. The third-order valence-corrected chi connectivity index (χ3v) is 4.82. The van der Waals surface area contributed by atoms with Crippen molar-refractivity contribution in [2.75, 3.05) is 13.2 Å². The summed E-state index contributed by atoms with van der Waals surface area (Å²) in [7, 11) is 0. The zero-order valence-corrected chi connectivity index (χ0v) is 18.8. The molecule has 0 radical (unpaired) electrons. The number of ether oxygens (including phenoxy) is 1. The van der Waals surface area contributed by atoms with Gasteiger partial charge in [0.15, 0.2) is 6.61 Å². The Bertz CT molecular complexity index is 813. The van der Waals surface area contributed by atoms with Crippen LogP contribution in [-0.2, 0) is 16.1 Å². The zero-order valence-electron chi connectivity index (χ0n) is 18.8. The second-order valence-corrected chi connectivity index (χ2v) is 8.18. The van der Waals surface area contributed by atoms with Gasteiger partial charge in [-0.2, -0.15) is 0 Å². The van der Waals surface area contributed by atoms with Gasteiger partial charge in [-0.1, -0.05) is 57.2 Å². The van der Waals surface area contributed by atoms with Crippen LogP contribution in [0.4, 0.5) is 0 Å². The van der Waals surface area contributed by atoms with Gasteiger partial charge in [-0.15, -0.1) is 0 Å². The second-order valence-electron chi connectivity index (χ2n) is 8.18. The smallest absolute Gasteiger partial charge is 0.261 e. The highest BCUT2D eigenvalue weighted by Gasteiger charge is 2.29. The number of amides is 2. The van der Waals surface area contributed by atoms with Crippen molar-refractivity contribution in [2.45, 2.75) is 53.6 Å². The molecule has 0 spiro atoms. The molecule has 2 amide bonds. The maximum atomic E-state index is 13.2. The van der Waals surface area contributed by atoms with Crippen molar-refractivity contribution in [3.05, 3.63) is 65.2 Å². The maximum absolute atomic E-state index is 13.2. The normalized spacial score (nSPS) is 11.8. The number of aryl methyl sites for hydroxylation is 2. The minimum Gasteiger partial charge on any atom is -0.484 e. The van der Waals surface area contributed by atoms with Crippen LogP contribution in [0.2, 0.25) is 0 Å². The van der Waals surface area contributed by atoms with Crippen LogP contribution in [0.3, 0.4) is 0 Å². The van der Waals surface area contributed by atoms with Crippen LogP contribution in [-0.4, -0.2) is 35.9 Å². The van der Waals surface area contributed by atoms with Crippen LogP contribution < -0.4 is 10.1 Å². The van der Waals surface area contributed by atoms with Crippen molar-refractivity contribution in [3.63, 3.8) is 0 Å². The number of rotatable bonds is 10. The largest absolute Gasteiger partial charge is 0.484 e. The molecular weight excluding hydrogens is 376 g/mol. The molecule has 2 aromatic carbocycles. The van der Waals surface area contributed by atoms with Crippen LogP contribution in [0.25, 0.3) is 0 Å². The van der Waals surface area contributed by atoms with Crippen molar-refractivity contribution in [1.82, 2.24) is 10.2 Å². The molecule has 5 heteroatoms. The van der Waals surface area contributed by atoms with E-state index in [9.17, 15) is 9.59 Å². The molecule has 0 bridgehead atoms. The first-order valence-electron chi connectivity index (χ1n) is 10.6. The Balaban J connectivity index is 2.18. The van der Waals surface area contributed by atoms with Gasteiger partial charge in [0.1, 0.15) is 11.8 Å².